The van der Waals surface area contributed by atoms with Gasteiger partial charge in [-0.1, -0.05) is 0 Å². The van der Waals surface area contributed by atoms with E-state index in [1.54, 1.807) is 4.90 Å². The normalized spacial score (nSPS) is 21.9. The molecule has 1 unspecified atom stereocenters. The van der Waals surface area contributed by atoms with Crippen molar-refractivity contribution in [2.24, 2.45) is 0 Å². The van der Waals surface area contributed by atoms with Crippen molar-refractivity contribution in [2.75, 3.05) is 33.4 Å². The summed E-state index contributed by atoms with van der Waals surface area (Å²) in [5.74, 6) is -0.479. The van der Waals surface area contributed by atoms with E-state index in [2.05, 4.69) is 0 Å². The lowest BCUT2D eigenvalue weighted by Crippen LogP contribution is -2.43. The molecule has 1 heterocycles. The first-order chi connectivity index (χ1) is 7.11. The smallest absolute Gasteiger partial charge is 0.246 e. The number of hydrogen-bond acceptors (Lipinski definition) is 5. The Morgan fingerprint density at radius 2 is 1.87 bits per heavy atom. The van der Waals surface area contributed by atoms with Gasteiger partial charge in [0.25, 0.3) is 0 Å². The van der Waals surface area contributed by atoms with Gasteiger partial charge in [-0.05, 0) is 0 Å². The van der Waals surface area contributed by atoms with Gasteiger partial charge in [0.15, 0.2) is 0 Å². The molecule has 1 aliphatic rings. The summed E-state index contributed by atoms with van der Waals surface area (Å²) < 4.78 is 0. The molecule has 1 saturated heterocycles. The molecule has 1 aliphatic heterocycles. The molecule has 0 spiro atoms. The van der Waals surface area contributed by atoms with Crippen molar-refractivity contribution in [1.29, 1.82) is 0 Å². The molecule has 2 N–H and O–H groups in total. The van der Waals surface area contributed by atoms with E-state index in [4.69, 9.17) is 10.2 Å². The molecule has 0 aromatic rings. The molecule has 0 bridgehead atoms. The van der Waals surface area contributed by atoms with Crippen LogP contribution in [0, 0.1) is 0 Å². The minimum absolute atomic E-state index is 0.0956. The second-order valence-electron chi connectivity index (χ2n) is 3.49. The number of aliphatic hydroxyl groups is 2. The highest BCUT2D eigenvalue weighted by Crippen LogP contribution is 2.16. The summed E-state index contributed by atoms with van der Waals surface area (Å²) in [6.07, 6.45) is 0.134. The third kappa shape index (κ3) is 2.53. The third-order valence-electron chi connectivity index (χ3n) is 2.57. The van der Waals surface area contributed by atoms with E-state index in [-0.39, 0.29) is 44.5 Å². The van der Waals surface area contributed by atoms with Crippen LogP contribution in [0.3, 0.4) is 0 Å². The van der Waals surface area contributed by atoms with Crippen LogP contribution < -0.4 is 0 Å². The van der Waals surface area contributed by atoms with Crippen molar-refractivity contribution in [2.45, 2.75) is 12.5 Å². The zero-order valence-electron chi connectivity index (χ0n) is 8.72. The number of likely N-dealkylation sites (N-methyl/N-ethyl adjacent to an activating group) is 1. The van der Waals surface area contributed by atoms with Crippen LogP contribution in [0.1, 0.15) is 6.42 Å². The Hall–Kier alpha value is -0.980. The van der Waals surface area contributed by atoms with Gasteiger partial charge in [0.2, 0.25) is 11.8 Å². The maximum atomic E-state index is 11.6. The molecule has 1 rings (SSSR count). The number of rotatable bonds is 5. The molecule has 0 aromatic heterocycles. The van der Waals surface area contributed by atoms with Crippen LogP contribution in [-0.4, -0.2) is 71.2 Å². The van der Waals surface area contributed by atoms with Gasteiger partial charge in [-0.15, -0.1) is 0 Å². The number of likely N-dealkylation sites (tertiary alicyclic amines) is 1. The summed E-state index contributed by atoms with van der Waals surface area (Å²) >= 11 is 0. The molecule has 0 aromatic carbocycles. The maximum absolute atomic E-state index is 11.6. The average molecular weight is 216 g/mol. The molecule has 15 heavy (non-hydrogen) atoms. The Labute approximate surface area is 88.1 Å². The Balaban J connectivity index is 2.68. The molecule has 0 aliphatic carbocycles. The standard InChI is InChI=1S/C9H16N2O4/c1-10-8(14)6-7(9(10)15)11(2-4-12)3-5-13/h7,12-13H,2-6H2,1H3. The summed E-state index contributed by atoms with van der Waals surface area (Å²) in [5, 5.41) is 17.6. The quantitative estimate of drug-likeness (QED) is 0.521. The highest BCUT2D eigenvalue weighted by atomic mass is 16.3. The zero-order valence-corrected chi connectivity index (χ0v) is 8.72. The van der Waals surface area contributed by atoms with Gasteiger partial charge in [-0.25, -0.2) is 0 Å². The van der Waals surface area contributed by atoms with Crippen LogP contribution in [0.5, 0.6) is 0 Å². The fraction of sp³-hybridized carbons (Fsp3) is 0.778. The van der Waals surface area contributed by atoms with E-state index in [0.717, 1.165) is 4.90 Å². The second kappa shape index (κ2) is 5.20. The topological polar surface area (TPSA) is 81.1 Å². The van der Waals surface area contributed by atoms with Gasteiger partial charge in [-0.3, -0.25) is 19.4 Å². The molecule has 6 nitrogen and oxygen atoms in total. The Morgan fingerprint density at radius 3 is 2.20 bits per heavy atom. The van der Waals surface area contributed by atoms with Crippen LogP contribution in [-0.2, 0) is 9.59 Å². The summed E-state index contributed by atoms with van der Waals surface area (Å²) in [6, 6.07) is -0.526. The van der Waals surface area contributed by atoms with Crippen molar-refractivity contribution in [3.05, 3.63) is 0 Å². The first kappa shape index (κ1) is 12.1. The number of carbonyl (C=O) groups excluding carboxylic acids is 2. The SMILES string of the molecule is CN1C(=O)CC(N(CCO)CCO)C1=O. The number of amides is 2. The lowest BCUT2D eigenvalue weighted by molar-refractivity contribution is -0.138. The number of nitrogens with zero attached hydrogens (tertiary/aromatic N) is 2. The molecule has 1 atom stereocenters. The molecular weight excluding hydrogens is 200 g/mol. The fourth-order valence-electron chi connectivity index (χ4n) is 1.70. The van der Waals surface area contributed by atoms with Gasteiger partial charge in [-0.2, -0.15) is 0 Å². The van der Waals surface area contributed by atoms with Crippen molar-refractivity contribution in [3.8, 4) is 0 Å². The highest BCUT2D eigenvalue weighted by molar-refractivity contribution is 6.05. The summed E-state index contributed by atoms with van der Waals surface area (Å²) in [4.78, 5) is 25.6. The second-order valence-corrected chi connectivity index (χ2v) is 3.49. The van der Waals surface area contributed by atoms with E-state index in [1.807, 2.05) is 0 Å². The molecule has 86 valence electrons. The van der Waals surface area contributed by atoms with E-state index in [9.17, 15) is 9.59 Å². The van der Waals surface area contributed by atoms with Gasteiger partial charge in [0.1, 0.15) is 0 Å². The first-order valence-corrected chi connectivity index (χ1v) is 4.88. The predicted molar refractivity (Wildman–Crippen MR) is 51.9 cm³/mol. The summed E-state index contributed by atoms with van der Waals surface area (Å²) in [5.41, 5.74) is 0. The van der Waals surface area contributed by atoms with Gasteiger partial charge < -0.3 is 10.2 Å². The van der Waals surface area contributed by atoms with Crippen molar-refractivity contribution in [3.63, 3.8) is 0 Å². The highest BCUT2D eigenvalue weighted by Gasteiger charge is 2.39. The third-order valence-corrected chi connectivity index (χ3v) is 2.57. The molecule has 0 saturated carbocycles. The summed E-state index contributed by atoms with van der Waals surface area (Å²) in [6.45, 7) is 0.388. The fourth-order valence-corrected chi connectivity index (χ4v) is 1.70. The number of hydrogen-bond donors (Lipinski definition) is 2. The van der Waals surface area contributed by atoms with Crippen molar-refractivity contribution < 1.29 is 19.8 Å². The molecular formula is C9H16N2O4. The Kier molecular flexibility index (Phi) is 4.19. The number of carbonyl (C=O) groups is 2. The molecule has 2 amide bonds. The largest absolute Gasteiger partial charge is 0.395 e. The lowest BCUT2D eigenvalue weighted by Gasteiger charge is -2.24. The maximum Gasteiger partial charge on any atom is 0.246 e. The monoisotopic (exact) mass is 216 g/mol. The first-order valence-electron chi connectivity index (χ1n) is 4.88. The molecule has 0 radical (unpaired) electrons. The van der Waals surface area contributed by atoms with Gasteiger partial charge in [0, 0.05) is 20.1 Å². The molecule has 1 fully saturated rings. The van der Waals surface area contributed by atoms with Crippen molar-refractivity contribution >= 4 is 11.8 Å². The van der Waals surface area contributed by atoms with Gasteiger partial charge in [0.05, 0.1) is 25.7 Å². The summed E-state index contributed by atoms with van der Waals surface area (Å²) in [7, 11) is 1.45. The van der Waals surface area contributed by atoms with Crippen LogP contribution >= 0.6 is 0 Å². The van der Waals surface area contributed by atoms with Crippen LogP contribution in [0.2, 0.25) is 0 Å². The average Bonchev–Trinajstić information content (AvgIpc) is 2.46. The lowest BCUT2D eigenvalue weighted by atomic mass is 10.2. The van der Waals surface area contributed by atoms with E-state index < -0.39 is 6.04 Å². The number of aliphatic hydroxyl groups excluding tert-OH is 2. The minimum Gasteiger partial charge on any atom is -0.395 e. The molecule has 6 heteroatoms. The minimum atomic E-state index is -0.526. The van der Waals surface area contributed by atoms with E-state index in [1.165, 1.54) is 7.05 Å². The number of imide groups is 1. The van der Waals surface area contributed by atoms with Crippen LogP contribution in [0.25, 0.3) is 0 Å². The van der Waals surface area contributed by atoms with Gasteiger partial charge >= 0.3 is 0 Å². The predicted octanol–water partition coefficient (Wildman–Crippen LogP) is -1.97. The van der Waals surface area contributed by atoms with Crippen molar-refractivity contribution in [1.82, 2.24) is 9.80 Å². The van der Waals surface area contributed by atoms with E-state index in [0.29, 0.717) is 0 Å². The Bertz CT molecular complexity index is 250. The van der Waals surface area contributed by atoms with Crippen LogP contribution in [0.15, 0.2) is 0 Å². The van der Waals surface area contributed by atoms with Crippen LogP contribution in [0.4, 0.5) is 0 Å². The zero-order chi connectivity index (χ0) is 11.4. The van der Waals surface area contributed by atoms with E-state index >= 15 is 0 Å². The Morgan fingerprint density at radius 1 is 1.33 bits per heavy atom.